The van der Waals surface area contributed by atoms with Crippen LogP contribution in [0.2, 0.25) is 0 Å². The average Bonchev–Trinajstić information content (AvgIpc) is 2.51. The number of carbonyl (C=O) groups is 1. The number of rotatable bonds is 3. The van der Waals surface area contributed by atoms with Crippen LogP contribution in [-0.4, -0.2) is 27.4 Å². The van der Waals surface area contributed by atoms with Crippen molar-refractivity contribution in [3.05, 3.63) is 5.01 Å². The van der Waals surface area contributed by atoms with Crippen LogP contribution in [0.1, 0.15) is 11.9 Å². The maximum Gasteiger partial charge on any atom is 0.445 e. The third-order valence-electron chi connectivity index (χ3n) is 1.27. The molecule has 0 aromatic carbocycles. The Morgan fingerprint density at radius 3 is 2.53 bits per heavy atom. The molecule has 1 aromatic rings. The molecule has 0 radical (unpaired) electrons. The largest absolute Gasteiger partial charge is 0.479 e. The Kier molecular flexibility index (Phi) is 3.12. The van der Waals surface area contributed by atoms with Gasteiger partial charge in [0.2, 0.25) is 5.01 Å². The van der Waals surface area contributed by atoms with Crippen LogP contribution in [0.4, 0.5) is 13.2 Å². The van der Waals surface area contributed by atoms with Crippen LogP contribution in [-0.2, 0) is 11.0 Å². The first kappa shape index (κ1) is 11.7. The van der Waals surface area contributed by atoms with Gasteiger partial charge in [-0.1, -0.05) is 16.4 Å². The standard InChI is InChI=1S/C6H5F3N2O3S/c1-2(3(12)13)14-5-11-10-4(15-5)6(7,8)9/h2H,1H3,(H,12,13). The normalized spacial score (nSPS) is 13.6. The van der Waals surface area contributed by atoms with Crippen molar-refractivity contribution in [3.8, 4) is 5.19 Å². The number of hydrogen-bond donors (Lipinski definition) is 1. The van der Waals surface area contributed by atoms with E-state index in [2.05, 4.69) is 14.9 Å². The van der Waals surface area contributed by atoms with Crippen molar-refractivity contribution in [2.45, 2.75) is 19.2 Å². The second-order valence-electron chi connectivity index (χ2n) is 2.47. The van der Waals surface area contributed by atoms with Gasteiger partial charge in [0, 0.05) is 0 Å². The summed E-state index contributed by atoms with van der Waals surface area (Å²) in [5.41, 5.74) is 0. The van der Waals surface area contributed by atoms with Gasteiger partial charge in [0.05, 0.1) is 0 Å². The number of nitrogens with zero attached hydrogens (tertiary/aromatic N) is 2. The summed E-state index contributed by atoms with van der Waals surface area (Å²) in [5, 5.41) is 12.7. The number of aliphatic carboxylic acids is 1. The Morgan fingerprint density at radius 1 is 1.53 bits per heavy atom. The zero-order valence-electron chi connectivity index (χ0n) is 7.28. The van der Waals surface area contributed by atoms with Crippen LogP contribution in [0, 0.1) is 0 Å². The summed E-state index contributed by atoms with van der Waals surface area (Å²) in [5.74, 6) is -1.29. The zero-order valence-corrected chi connectivity index (χ0v) is 8.09. The average molecular weight is 242 g/mol. The maximum atomic E-state index is 12.0. The molecule has 0 bridgehead atoms. The smallest absolute Gasteiger partial charge is 0.445 e. The van der Waals surface area contributed by atoms with Crippen molar-refractivity contribution in [2.24, 2.45) is 0 Å². The van der Waals surface area contributed by atoms with Crippen LogP contribution in [0.3, 0.4) is 0 Å². The summed E-state index contributed by atoms with van der Waals surface area (Å²) in [6, 6.07) is 0. The van der Waals surface area contributed by atoms with E-state index in [1.807, 2.05) is 0 Å². The number of ether oxygens (including phenoxy) is 1. The quantitative estimate of drug-likeness (QED) is 0.867. The van der Waals surface area contributed by atoms with E-state index in [0.29, 0.717) is 0 Å². The predicted molar refractivity (Wildman–Crippen MR) is 42.6 cm³/mol. The van der Waals surface area contributed by atoms with Gasteiger partial charge in [-0.2, -0.15) is 13.2 Å². The number of carboxylic acid groups (broad SMARTS) is 1. The number of halogens is 3. The minimum atomic E-state index is -4.59. The lowest BCUT2D eigenvalue weighted by Crippen LogP contribution is -2.22. The van der Waals surface area contributed by atoms with E-state index in [4.69, 9.17) is 5.11 Å². The van der Waals surface area contributed by atoms with Crippen molar-refractivity contribution in [1.29, 1.82) is 0 Å². The summed E-state index contributed by atoms with van der Waals surface area (Å²) in [6.07, 6.45) is -5.86. The van der Waals surface area contributed by atoms with E-state index in [9.17, 15) is 18.0 Å². The molecule has 84 valence electrons. The third-order valence-corrected chi connectivity index (χ3v) is 2.13. The monoisotopic (exact) mass is 242 g/mol. The first-order valence-corrected chi connectivity index (χ1v) is 4.42. The highest BCUT2D eigenvalue weighted by Gasteiger charge is 2.36. The van der Waals surface area contributed by atoms with Crippen molar-refractivity contribution in [2.75, 3.05) is 0 Å². The molecule has 1 N–H and O–H groups in total. The van der Waals surface area contributed by atoms with Crippen molar-refractivity contribution < 1.29 is 27.8 Å². The van der Waals surface area contributed by atoms with Crippen LogP contribution < -0.4 is 4.74 Å². The van der Waals surface area contributed by atoms with Crippen molar-refractivity contribution in [3.63, 3.8) is 0 Å². The molecule has 0 amide bonds. The number of hydrogen-bond acceptors (Lipinski definition) is 5. The van der Waals surface area contributed by atoms with E-state index in [1.54, 1.807) is 0 Å². The van der Waals surface area contributed by atoms with Gasteiger partial charge >= 0.3 is 12.1 Å². The van der Waals surface area contributed by atoms with Gasteiger partial charge in [-0.25, -0.2) is 4.79 Å². The minimum Gasteiger partial charge on any atom is -0.479 e. The van der Waals surface area contributed by atoms with Gasteiger partial charge in [0.25, 0.3) is 5.19 Å². The van der Waals surface area contributed by atoms with Crippen molar-refractivity contribution >= 4 is 17.3 Å². The molecule has 0 aliphatic heterocycles. The fourth-order valence-electron chi connectivity index (χ4n) is 0.574. The predicted octanol–water partition coefficient (Wildman–Crippen LogP) is 1.41. The van der Waals surface area contributed by atoms with Crippen LogP contribution in [0.15, 0.2) is 0 Å². The van der Waals surface area contributed by atoms with E-state index in [-0.39, 0.29) is 11.3 Å². The molecule has 0 saturated heterocycles. The van der Waals surface area contributed by atoms with Crippen molar-refractivity contribution in [1.82, 2.24) is 10.2 Å². The van der Waals surface area contributed by atoms with Crippen LogP contribution in [0.25, 0.3) is 0 Å². The molecule has 0 saturated carbocycles. The Hall–Kier alpha value is -1.38. The number of carboxylic acids is 1. The van der Waals surface area contributed by atoms with Gasteiger partial charge < -0.3 is 9.84 Å². The highest BCUT2D eigenvalue weighted by molar-refractivity contribution is 7.13. The maximum absolute atomic E-state index is 12.0. The fraction of sp³-hybridized carbons (Fsp3) is 0.500. The van der Waals surface area contributed by atoms with E-state index < -0.39 is 28.5 Å². The summed E-state index contributed by atoms with van der Waals surface area (Å²) in [4.78, 5) is 10.3. The van der Waals surface area contributed by atoms with Crippen LogP contribution in [0.5, 0.6) is 5.19 Å². The summed E-state index contributed by atoms with van der Waals surface area (Å²) in [6.45, 7) is 1.18. The lowest BCUT2D eigenvalue weighted by molar-refractivity contribution is -0.144. The molecular weight excluding hydrogens is 237 g/mol. The number of aromatic nitrogens is 2. The summed E-state index contributed by atoms with van der Waals surface area (Å²) >= 11 is 0.153. The number of alkyl halides is 3. The molecule has 1 atom stereocenters. The Morgan fingerprint density at radius 2 is 2.13 bits per heavy atom. The van der Waals surface area contributed by atoms with Gasteiger partial charge in [-0.3, -0.25) is 0 Å². The Balaban J connectivity index is 2.73. The molecule has 0 spiro atoms. The molecular formula is C6H5F3N2O3S. The van der Waals surface area contributed by atoms with Gasteiger partial charge in [-0.05, 0) is 6.92 Å². The van der Waals surface area contributed by atoms with E-state index >= 15 is 0 Å². The van der Waals surface area contributed by atoms with E-state index in [0.717, 1.165) is 0 Å². The second-order valence-corrected chi connectivity index (χ2v) is 3.41. The topological polar surface area (TPSA) is 72.3 Å². The molecule has 5 nitrogen and oxygen atoms in total. The molecule has 0 aliphatic rings. The Bertz CT molecular complexity index is 365. The molecule has 1 rings (SSSR count). The molecule has 15 heavy (non-hydrogen) atoms. The SMILES string of the molecule is CC(Oc1nnc(C(F)(F)F)s1)C(=O)O. The molecule has 1 unspecified atom stereocenters. The lowest BCUT2D eigenvalue weighted by Gasteiger charge is -2.04. The molecule has 1 aromatic heterocycles. The summed E-state index contributed by atoms with van der Waals surface area (Å²) < 4.78 is 40.7. The first-order valence-electron chi connectivity index (χ1n) is 3.61. The highest BCUT2D eigenvalue weighted by Crippen LogP contribution is 2.34. The third kappa shape index (κ3) is 3.05. The molecule has 0 fully saturated rings. The van der Waals surface area contributed by atoms with Gasteiger partial charge in [-0.15, -0.1) is 5.10 Å². The Labute approximate surface area is 85.5 Å². The van der Waals surface area contributed by atoms with Gasteiger partial charge in [0.1, 0.15) is 0 Å². The molecule has 0 aliphatic carbocycles. The van der Waals surface area contributed by atoms with Crippen LogP contribution >= 0.6 is 11.3 Å². The highest BCUT2D eigenvalue weighted by atomic mass is 32.1. The lowest BCUT2D eigenvalue weighted by atomic mass is 10.4. The zero-order chi connectivity index (χ0) is 11.6. The molecule has 9 heteroatoms. The minimum absolute atomic E-state index is 0.153. The van der Waals surface area contributed by atoms with E-state index in [1.165, 1.54) is 6.92 Å². The van der Waals surface area contributed by atoms with Gasteiger partial charge in [0.15, 0.2) is 6.10 Å². The molecule has 1 heterocycles. The second kappa shape index (κ2) is 4.01. The summed E-state index contributed by atoms with van der Waals surface area (Å²) in [7, 11) is 0. The fourth-order valence-corrected chi connectivity index (χ4v) is 1.21. The first-order chi connectivity index (χ1) is 6.80.